The number of aromatic nitrogens is 2. The van der Waals surface area contributed by atoms with Crippen LogP contribution in [-0.4, -0.2) is 42.2 Å². The highest BCUT2D eigenvalue weighted by molar-refractivity contribution is 7.89. The van der Waals surface area contributed by atoms with Crippen LogP contribution in [0.3, 0.4) is 0 Å². The third-order valence-electron chi connectivity index (χ3n) is 5.77. The standard InChI is InChI=1S/C25H28N4O4S2/c1-16(2)33-23-11-10-17(14-18(23)15-26)24-27-28-25(34-24)21-8-3-7-20-19(21)6-4-9-22(20)29-35(31,32)13-5-12-30/h3,7-8,10-11,14,16,22,29-30H,4-6,9,12-13H2,1-2H3/t22-/m0/s1. The van der Waals surface area contributed by atoms with Gasteiger partial charge in [0.1, 0.15) is 21.8 Å². The Balaban J connectivity index is 1.63. The van der Waals surface area contributed by atoms with E-state index in [1.165, 1.54) is 11.3 Å². The predicted molar refractivity (Wildman–Crippen MR) is 136 cm³/mol. The summed E-state index contributed by atoms with van der Waals surface area (Å²) in [6.45, 7) is 3.67. The number of ether oxygens (including phenoxy) is 1. The molecule has 2 aromatic carbocycles. The Morgan fingerprint density at radius 2 is 2.06 bits per heavy atom. The van der Waals surface area contributed by atoms with Crippen LogP contribution in [0.4, 0.5) is 0 Å². The van der Waals surface area contributed by atoms with Gasteiger partial charge in [-0.3, -0.25) is 0 Å². The van der Waals surface area contributed by atoms with Crippen LogP contribution in [0.2, 0.25) is 0 Å². The minimum Gasteiger partial charge on any atom is -0.490 e. The molecule has 0 saturated heterocycles. The van der Waals surface area contributed by atoms with Crippen molar-refractivity contribution in [3.8, 4) is 33.0 Å². The molecule has 0 bridgehead atoms. The molecule has 0 aliphatic heterocycles. The van der Waals surface area contributed by atoms with E-state index in [0.29, 0.717) is 16.3 Å². The van der Waals surface area contributed by atoms with Gasteiger partial charge in [-0.15, -0.1) is 10.2 Å². The Bertz CT molecular complexity index is 1350. The molecule has 1 aliphatic rings. The smallest absolute Gasteiger partial charge is 0.212 e. The fourth-order valence-corrected chi connectivity index (χ4v) is 6.46. The molecule has 1 atom stereocenters. The number of aliphatic hydroxyl groups excluding tert-OH is 1. The van der Waals surface area contributed by atoms with Crippen molar-refractivity contribution in [2.45, 2.75) is 51.7 Å². The van der Waals surface area contributed by atoms with Gasteiger partial charge in [-0.25, -0.2) is 13.1 Å². The molecular weight excluding hydrogens is 484 g/mol. The van der Waals surface area contributed by atoms with E-state index in [2.05, 4.69) is 21.0 Å². The second kappa shape index (κ2) is 10.8. The lowest BCUT2D eigenvalue weighted by molar-refractivity contribution is 0.242. The number of rotatable bonds is 9. The third kappa shape index (κ3) is 5.87. The molecule has 0 spiro atoms. The lowest BCUT2D eigenvalue weighted by Crippen LogP contribution is -2.33. The lowest BCUT2D eigenvalue weighted by Gasteiger charge is -2.27. The van der Waals surface area contributed by atoms with Crippen molar-refractivity contribution in [3.63, 3.8) is 0 Å². The van der Waals surface area contributed by atoms with Gasteiger partial charge in [0.25, 0.3) is 0 Å². The molecule has 0 saturated carbocycles. The minimum atomic E-state index is -3.49. The van der Waals surface area contributed by atoms with E-state index in [-0.39, 0.29) is 30.9 Å². The van der Waals surface area contributed by atoms with Crippen LogP contribution >= 0.6 is 11.3 Å². The number of benzene rings is 2. The van der Waals surface area contributed by atoms with Crippen molar-refractivity contribution >= 4 is 21.4 Å². The van der Waals surface area contributed by atoms with Gasteiger partial charge < -0.3 is 9.84 Å². The molecule has 0 radical (unpaired) electrons. The maximum Gasteiger partial charge on any atom is 0.212 e. The molecule has 4 rings (SSSR count). The number of aliphatic hydroxyl groups is 1. The van der Waals surface area contributed by atoms with E-state index in [1.807, 2.05) is 38.1 Å². The van der Waals surface area contributed by atoms with Crippen LogP contribution in [-0.2, 0) is 16.4 Å². The minimum absolute atomic E-state index is 0.0340. The fourth-order valence-electron chi connectivity index (χ4n) is 4.26. The Kier molecular flexibility index (Phi) is 7.82. The molecule has 35 heavy (non-hydrogen) atoms. The predicted octanol–water partition coefficient (Wildman–Crippen LogP) is 4.21. The molecule has 0 unspecified atom stereocenters. The van der Waals surface area contributed by atoms with Crippen LogP contribution < -0.4 is 9.46 Å². The highest BCUT2D eigenvalue weighted by Gasteiger charge is 2.27. The molecule has 10 heteroatoms. The summed E-state index contributed by atoms with van der Waals surface area (Å²) in [5.41, 5.74) is 4.22. The van der Waals surface area contributed by atoms with Crippen molar-refractivity contribution in [3.05, 3.63) is 53.1 Å². The second-order valence-corrected chi connectivity index (χ2v) is 11.6. The molecule has 8 nitrogen and oxygen atoms in total. The molecule has 3 aromatic rings. The molecule has 2 N–H and O–H groups in total. The van der Waals surface area contributed by atoms with E-state index in [1.54, 1.807) is 12.1 Å². The number of sulfonamides is 1. The van der Waals surface area contributed by atoms with Gasteiger partial charge in [0.05, 0.1) is 17.4 Å². The number of nitriles is 1. The summed E-state index contributed by atoms with van der Waals surface area (Å²) in [5, 5.41) is 28.8. The average Bonchev–Trinajstić information content (AvgIpc) is 3.32. The third-order valence-corrected chi connectivity index (χ3v) is 8.24. The Morgan fingerprint density at radius 1 is 1.26 bits per heavy atom. The van der Waals surface area contributed by atoms with Crippen molar-refractivity contribution in [2.75, 3.05) is 12.4 Å². The van der Waals surface area contributed by atoms with Gasteiger partial charge in [0, 0.05) is 23.8 Å². The monoisotopic (exact) mass is 512 g/mol. The number of nitrogens with one attached hydrogen (secondary N) is 1. The summed E-state index contributed by atoms with van der Waals surface area (Å²) in [5.74, 6) is 0.445. The van der Waals surface area contributed by atoms with Crippen LogP contribution in [0, 0.1) is 11.3 Å². The van der Waals surface area contributed by atoms with Gasteiger partial charge >= 0.3 is 0 Å². The van der Waals surface area contributed by atoms with Gasteiger partial charge in [0.2, 0.25) is 10.0 Å². The Labute approximate surface area is 209 Å². The number of nitrogens with zero attached hydrogens (tertiary/aromatic N) is 3. The first-order valence-corrected chi connectivity index (χ1v) is 14.1. The molecule has 0 amide bonds. The molecule has 184 valence electrons. The lowest BCUT2D eigenvalue weighted by atomic mass is 9.85. The van der Waals surface area contributed by atoms with Crippen molar-refractivity contribution in [1.29, 1.82) is 5.26 Å². The average molecular weight is 513 g/mol. The maximum atomic E-state index is 12.4. The van der Waals surface area contributed by atoms with E-state index < -0.39 is 10.0 Å². The summed E-state index contributed by atoms with van der Waals surface area (Å²) >= 11 is 1.44. The first kappa shape index (κ1) is 25.3. The van der Waals surface area contributed by atoms with Crippen molar-refractivity contribution in [1.82, 2.24) is 14.9 Å². The number of hydrogen-bond donors (Lipinski definition) is 2. The summed E-state index contributed by atoms with van der Waals surface area (Å²) in [6, 6.07) is 13.2. The first-order chi connectivity index (χ1) is 16.8. The number of hydrogen-bond acceptors (Lipinski definition) is 8. The van der Waals surface area contributed by atoms with E-state index in [0.717, 1.165) is 46.5 Å². The van der Waals surface area contributed by atoms with Gasteiger partial charge in [0.15, 0.2) is 0 Å². The topological polar surface area (TPSA) is 125 Å². The molecule has 1 aromatic heterocycles. The molecule has 1 aliphatic carbocycles. The normalized spacial score (nSPS) is 15.6. The van der Waals surface area contributed by atoms with Gasteiger partial charge in [-0.2, -0.15) is 5.26 Å². The largest absolute Gasteiger partial charge is 0.490 e. The summed E-state index contributed by atoms with van der Waals surface area (Å²) in [7, 11) is -3.49. The zero-order valence-corrected chi connectivity index (χ0v) is 21.3. The van der Waals surface area contributed by atoms with Gasteiger partial charge in [-0.05, 0) is 68.9 Å². The highest BCUT2D eigenvalue weighted by atomic mass is 32.2. The van der Waals surface area contributed by atoms with Crippen molar-refractivity contribution in [2.24, 2.45) is 0 Å². The van der Waals surface area contributed by atoms with Crippen molar-refractivity contribution < 1.29 is 18.3 Å². The second-order valence-electron chi connectivity index (χ2n) is 8.73. The quantitative estimate of drug-likeness (QED) is 0.440. The highest BCUT2D eigenvalue weighted by Crippen LogP contribution is 2.39. The maximum absolute atomic E-state index is 12.4. The van der Waals surface area contributed by atoms with E-state index >= 15 is 0 Å². The molecule has 1 heterocycles. The molecule has 0 fully saturated rings. The van der Waals surface area contributed by atoms with Gasteiger partial charge in [-0.1, -0.05) is 29.5 Å². The molecular formula is C25H28N4O4S2. The summed E-state index contributed by atoms with van der Waals surface area (Å²) in [4.78, 5) is 0. The number of fused-ring (bicyclic) bond motifs is 1. The van der Waals surface area contributed by atoms with Crippen LogP contribution in [0.15, 0.2) is 36.4 Å². The summed E-state index contributed by atoms with van der Waals surface area (Å²) < 4.78 is 33.4. The summed E-state index contributed by atoms with van der Waals surface area (Å²) in [6.07, 6.45) is 2.58. The SMILES string of the molecule is CC(C)Oc1ccc(-c2nnc(-c3cccc4c3CCC[C@@H]4NS(=O)(=O)CCCO)s2)cc1C#N. The van der Waals surface area contributed by atoms with Crippen LogP contribution in [0.25, 0.3) is 21.1 Å². The zero-order chi connectivity index (χ0) is 25.0. The fraction of sp³-hybridized carbons (Fsp3) is 0.400. The zero-order valence-electron chi connectivity index (χ0n) is 19.7. The van der Waals surface area contributed by atoms with E-state index in [4.69, 9.17) is 9.84 Å². The van der Waals surface area contributed by atoms with E-state index in [9.17, 15) is 13.7 Å². The Hall–Kier alpha value is -2.84. The van der Waals surface area contributed by atoms with Crippen LogP contribution in [0.5, 0.6) is 5.75 Å². The first-order valence-electron chi connectivity index (χ1n) is 11.6. The van der Waals surface area contributed by atoms with Crippen LogP contribution in [0.1, 0.15) is 55.8 Å². The Morgan fingerprint density at radius 3 is 2.80 bits per heavy atom.